The molecule has 2 rings (SSSR count). The summed E-state index contributed by atoms with van der Waals surface area (Å²) in [7, 11) is -3.72. The molecule has 0 radical (unpaired) electrons. The van der Waals surface area contributed by atoms with Crippen LogP contribution in [0.5, 0.6) is 0 Å². The summed E-state index contributed by atoms with van der Waals surface area (Å²) in [5.74, 6) is 0. The van der Waals surface area contributed by atoms with Gasteiger partial charge in [0.15, 0.2) is 0 Å². The molecular formula is C14H14BrClN2O2S. The lowest BCUT2D eigenvalue weighted by Gasteiger charge is -2.13. The van der Waals surface area contributed by atoms with Crippen LogP contribution < -0.4 is 10.5 Å². The molecule has 112 valence electrons. The van der Waals surface area contributed by atoms with Gasteiger partial charge >= 0.3 is 0 Å². The van der Waals surface area contributed by atoms with Gasteiger partial charge in [0.2, 0.25) is 10.0 Å². The van der Waals surface area contributed by atoms with Crippen LogP contribution in [-0.2, 0) is 16.6 Å². The van der Waals surface area contributed by atoms with Crippen LogP contribution in [0.2, 0.25) is 5.02 Å². The third-order valence-corrected chi connectivity index (χ3v) is 5.10. The maximum Gasteiger partial charge on any atom is 0.238 e. The molecule has 0 aliphatic carbocycles. The molecule has 7 heteroatoms. The number of nitrogens with one attached hydrogen (secondary N) is 1. The quantitative estimate of drug-likeness (QED) is 0.838. The van der Waals surface area contributed by atoms with Crippen LogP contribution in [-0.4, -0.2) is 8.42 Å². The van der Waals surface area contributed by atoms with Gasteiger partial charge < -0.3 is 5.32 Å². The summed E-state index contributed by atoms with van der Waals surface area (Å²) in [5.41, 5.74) is 2.34. The third kappa shape index (κ3) is 3.97. The van der Waals surface area contributed by atoms with Gasteiger partial charge in [-0.1, -0.05) is 39.7 Å². The minimum Gasteiger partial charge on any atom is -0.381 e. The summed E-state index contributed by atoms with van der Waals surface area (Å²) in [6.45, 7) is 2.26. The molecule has 0 unspecified atom stereocenters. The summed E-state index contributed by atoms with van der Waals surface area (Å²) in [5, 5.41) is 9.06. The molecule has 0 saturated carbocycles. The van der Waals surface area contributed by atoms with E-state index in [9.17, 15) is 8.42 Å². The number of anilines is 1. The van der Waals surface area contributed by atoms with E-state index in [0.717, 1.165) is 15.7 Å². The number of halogens is 2. The van der Waals surface area contributed by atoms with E-state index in [1.165, 1.54) is 6.07 Å². The largest absolute Gasteiger partial charge is 0.381 e. The highest BCUT2D eigenvalue weighted by Gasteiger charge is 2.13. The van der Waals surface area contributed by atoms with Crippen molar-refractivity contribution >= 4 is 43.2 Å². The van der Waals surface area contributed by atoms with Crippen molar-refractivity contribution in [3.05, 3.63) is 57.0 Å². The standard InChI is InChI=1S/C14H14BrClN2O2S/c1-9-13(3-2-4-14(9)21(17,19)20)18-8-10-5-6-11(16)7-12(10)15/h2-7,18H,8H2,1H3,(H2,17,19,20). The van der Waals surface area contributed by atoms with Gasteiger partial charge in [0.25, 0.3) is 0 Å². The maximum absolute atomic E-state index is 11.5. The zero-order valence-corrected chi connectivity index (χ0v) is 14.4. The van der Waals surface area contributed by atoms with Crippen LogP contribution in [0.25, 0.3) is 0 Å². The van der Waals surface area contributed by atoms with Crippen LogP contribution >= 0.6 is 27.5 Å². The zero-order chi connectivity index (χ0) is 15.6. The molecule has 3 N–H and O–H groups in total. The molecule has 0 atom stereocenters. The lowest BCUT2D eigenvalue weighted by Crippen LogP contribution is -2.14. The van der Waals surface area contributed by atoms with Crippen LogP contribution in [0.1, 0.15) is 11.1 Å². The second kappa shape index (κ2) is 6.36. The highest BCUT2D eigenvalue weighted by Crippen LogP contribution is 2.25. The summed E-state index contributed by atoms with van der Waals surface area (Å²) >= 11 is 9.34. The van der Waals surface area contributed by atoms with Gasteiger partial charge in [-0.15, -0.1) is 0 Å². The Balaban J connectivity index is 2.25. The fraction of sp³-hybridized carbons (Fsp3) is 0.143. The van der Waals surface area contributed by atoms with Crippen molar-refractivity contribution in [3.8, 4) is 0 Å². The highest BCUT2D eigenvalue weighted by molar-refractivity contribution is 9.10. The smallest absolute Gasteiger partial charge is 0.238 e. The van der Waals surface area contributed by atoms with Crippen molar-refractivity contribution in [2.75, 3.05) is 5.32 Å². The second-order valence-corrected chi connectivity index (χ2v) is 7.38. The van der Waals surface area contributed by atoms with Crippen LogP contribution in [0.4, 0.5) is 5.69 Å². The van der Waals surface area contributed by atoms with Crippen molar-refractivity contribution in [1.29, 1.82) is 0 Å². The first-order chi connectivity index (χ1) is 9.79. The molecule has 0 amide bonds. The monoisotopic (exact) mass is 388 g/mol. The molecule has 0 aliphatic heterocycles. The Bertz CT molecular complexity index is 779. The minimum absolute atomic E-state index is 0.127. The van der Waals surface area contributed by atoms with Crippen molar-refractivity contribution in [3.63, 3.8) is 0 Å². The Morgan fingerprint density at radius 1 is 1.29 bits per heavy atom. The zero-order valence-electron chi connectivity index (χ0n) is 11.2. The van der Waals surface area contributed by atoms with Gasteiger partial charge in [0.1, 0.15) is 0 Å². The molecule has 0 aliphatic rings. The van der Waals surface area contributed by atoms with E-state index in [4.69, 9.17) is 16.7 Å². The number of benzene rings is 2. The maximum atomic E-state index is 11.5. The predicted molar refractivity (Wildman–Crippen MR) is 89.0 cm³/mol. The SMILES string of the molecule is Cc1c(NCc2ccc(Cl)cc2Br)cccc1S(N)(=O)=O. The van der Waals surface area contributed by atoms with Gasteiger partial charge in [0, 0.05) is 21.7 Å². The summed E-state index contributed by atoms with van der Waals surface area (Å²) < 4.78 is 23.9. The first-order valence-corrected chi connectivity index (χ1v) is 8.81. The summed E-state index contributed by atoms with van der Waals surface area (Å²) in [6.07, 6.45) is 0. The van der Waals surface area contributed by atoms with Crippen molar-refractivity contribution in [2.45, 2.75) is 18.4 Å². The second-order valence-electron chi connectivity index (χ2n) is 4.56. The summed E-state index contributed by atoms with van der Waals surface area (Å²) in [6, 6.07) is 10.5. The molecule has 0 saturated heterocycles. The van der Waals surface area contributed by atoms with Crippen LogP contribution in [0, 0.1) is 6.92 Å². The van der Waals surface area contributed by atoms with Crippen molar-refractivity contribution < 1.29 is 8.42 Å². The Labute approximate surface area is 137 Å². The average Bonchev–Trinajstić information content (AvgIpc) is 2.38. The molecular weight excluding hydrogens is 376 g/mol. The molecule has 0 bridgehead atoms. The third-order valence-electron chi connectivity index (χ3n) is 3.08. The molecule has 0 aromatic heterocycles. The first kappa shape index (κ1) is 16.3. The van der Waals surface area contributed by atoms with E-state index in [1.54, 1.807) is 19.1 Å². The van der Waals surface area contributed by atoms with Gasteiger partial charge in [0.05, 0.1) is 4.90 Å². The van der Waals surface area contributed by atoms with E-state index < -0.39 is 10.0 Å². The van der Waals surface area contributed by atoms with Crippen molar-refractivity contribution in [2.24, 2.45) is 5.14 Å². The van der Waals surface area contributed by atoms with E-state index in [-0.39, 0.29) is 4.90 Å². The predicted octanol–water partition coefficient (Wildman–Crippen LogP) is 3.67. The molecule has 2 aromatic carbocycles. The van der Waals surface area contributed by atoms with Gasteiger partial charge in [-0.05, 0) is 42.3 Å². The number of primary sulfonamides is 1. The number of rotatable bonds is 4. The van der Waals surface area contributed by atoms with Crippen LogP contribution in [0.15, 0.2) is 45.8 Å². The van der Waals surface area contributed by atoms with Gasteiger partial charge in [-0.25, -0.2) is 13.6 Å². The average molecular weight is 390 g/mol. The highest BCUT2D eigenvalue weighted by atomic mass is 79.9. The Morgan fingerprint density at radius 2 is 2.00 bits per heavy atom. The van der Waals surface area contributed by atoms with E-state index in [1.807, 2.05) is 18.2 Å². The van der Waals surface area contributed by atoms with Gasteiger partial charge in [-0.3, -0.25) is 0 Å². The minimum atomic E-state index is -3.72. The lowest BCUT2D eigenvalue weighted by molar-refractivity contribution is 0.597. The summed E-state index contributed by atoms with van der Waals surface area (Å²) in [4.78, 5) is 0.127. The molecule has 2 aromatic rings. The fourth-order valence-corrected chi connectivity index (χ4v) is 3.60. The number of hydrogen-bond donors (Lipinski definition) is 2. The first-order valence-electron chi connectivity index (χ1n) is 6.09. The molecule has 0 spiro atoms. The molecule has 0 heterocycles. The van der Waals surface area contributed by atoms with E-state index in [2.05, 4.69) is 21.2 Å². The number of sulfonamides is 1. The normalized spacial score (nSPS) is 11.4. The van der Waals surface area contributed by atoms with Crippen LogP contribution in [0.3, 0.4) is 0 Å². The Kier molecular flexibility index (Phi) is 4.93. The van der Waals surface area contributed by atoms with E-state index >= 15 is 0 Å². The Hall–Kier alpha value is -1.08. The number of nitrogens with two attached hydrogens (primary N) is 1. The van der Waals surface area contributed by atoms with Gasteiger partial charge in [-0.2, -0.15) is 0 Å². The van der Waals surface area contributed by atoms with Crippen molar-refractivity contribution in [1.82, 2.24) is 0 Å². The topological polar surface area (TPSA) is 72.2 Å². The molecule has 21 heavy (non-hydrogen) atoms. The molecule has 4 nitrogen and oxygen atoms in total. The molecule has 0 fully saturated rings. The van der Waals surface area contributed by atoms with E-state index in [0.29, 0.717) is 17.1 Å². The Morgan fingerprint density at radius 3 is 2.62 bits per heavy atom. The fourth-order valence-electron chi connectivity index (χ4n) is 1.97. The lowest BCUT2D eigenvalue weighted by atomic mass is 10.1. The number of hydrogen-bond acceptors (Lipinski definition) is 3.